The average Bonchev–Trinajstić information content (AvgIpc) is 2.91. The lowest BCUT2D eigenvalue weighted by molar-refractivity contribution is -0.133. The van der Waals surface area contributed by atoms with E-state index in [-0.39, 0.29) is 0 Å². The van der Waals surface area contributed by atoms with Crippen LogP contribution in [-0.2, 0) is 17.8 Å². The van der Waals surface area contributed by atoms with E-state index in [2.05, 4.69) is 24.6 Å². The number of aromatic nitrogens is 3. The highest BCUT2D eigenvalue weighted by Crippen LogP contribution is 2.28. The number of aryl methyl sites for hydroxylation is 1. The summed E-state index contributed by atoms with van der Waals surface area (Å²) in [5, 5.41) is 9.03. The van der Waals surface area contributed by atoms with Crippen LogP contribution >= 0.6 is 0 Å². The van der Waals surface area contributed by atoms with Crippen molar-refractivity contribution in [3.63, 3.8) is 0 Å². The number of carbonyl (C=O) groups excluding carboxylic acids is 1. The van der Waals surface area contributed by atoms with Gasteiger partial charge in [-0.2, -0.15) is 0 Å². The molecule has 0 spiro atoms. The van der Waals surface area contributed by atoms with Crippen molar-refractivity contribution in [2.24, 2.45) is 0 Å². The monoisotopic (exact) mass is 345 g/mol. The molecule has 25 heavy (non-hydrogen) atoms. The van der Waals surface area contributed by atoms with Gasteiger partial charge >= 0.3 is 0 Å². The molecule has 3 aliphatic rings. The maximum absolute atomic E-state index is 12.6. The highest BCUT2D eigenvalue weighted by atomic mass is 16.2. The van der Waals surface area contributed by atoms with E-state index in [9.17, 15) is 4.79 Å². The fourth-order valence-corrected chi connectivity index (χ4v) is 4.65. The number of likely N-dealkylation sites (tertiary alicyclic amines) is 2. The SMILES string of the molecule is O=C(CN1CCCC(c2nnc3n2CCCCC3)C1)N1CCCCC1. The molecular weight excluding hydrogens is 314 g/mol. The first kappa shape index (κ1) is 17.0. The molecule has 2 fully saturated rings. The van der Waals surface area contributed by atoms with Gasteiger partial charge in [0.15, 0.2) is 0 Å². The van der Waals surface area contributed by atoms with Crippen LogP contribution in [0.4, 0.5) is 0 Å². The summed E-state index contributed by atoms with van der Waals surface area (Å²) in [7, 11) is 0. The molecule has 0 N–H and O–H groups in total. The summed E-state index contributed by atoms with van der Waals surface area (Å²) in [6.07, 6.45) is 10.8. The Hall–Kier alpha value is -1.43. The van der Waals surface area contributed by atoms with Gasteiger partial charge < -0.3 is 9.47 Å². The summed E-state index contributed by atoms with van der Waals surface area (Å²) >= 11 is 0. The lowest BCUT2D eigenvalue weighted by Crippen LogP contribution is -2.45. The van der Waals surface area contributed by atoms with Crippen LogP contribution in [0.3, 0.4) is 0 Å². The number of hydrogen-bond acceptors (Lipinski definition) is 4. The van der Waals surface area contributed by atoms with E-state index in [1.807, 2.05) is 0 Å². The molecule has 1 unspecified atom stereocenters. The minimum atomic E-state index is 0.320. The predicted molar refractivity (Wildman–Crippen MR) is 96.4 cm³/mol. The summed E-state index contributed by atoms with van der Waals surface area (Å²) in [6.45, 7) is 5.55. The Kier molecular flexibility index (Phi) is 5.34. The van der Waals surface area contributed by atoms with Crippen molar-refractivity contribution >= 4 is 5.91 Å². The Morgan fingerprint density at radius 3 is 2.60 bits per heavy atom. The van der Waals surface area contributed by atoms with Crippen LogP contribution in [-0.4, -0.2) is 63.2 Å². The smallest absolute Gasteiger partial charge is 0.236 e. The van der Waals surface area contributed by atoms with Crippen molar-refractivity contribution in [2.75, 3.05) is 32.7 Å². The molecule has 2 saturated heterocycles. The van der Waals surface area contributed by atoms with E-state index < -0.39 is 0 Å². The van der Waals surface area contributed by atoms with Gasteiger partial charge in [0.05, 0.1) is 6.54 Å². The molecule has 6 heteroatoms. The van der Waals surface area contributed by atoms with E-state index in [1.165, 1.54) is 56.6 Å². The van der Waals surface area contributed by atoms with Crippen LogP contribution < -0.4 is 0 Å². The maximum atomic E-state index is 12.6. The van der Waals surface area contributed by atoms with Gasteiger partial charge in [0.2, 0.25) is 5.91 Å². The van der Waals surface area contributed by atoms with Gasteiger partial charge in [0, 0.05) is 38.5 Å². The number of carbonyl (C=O) groups is 1. The first-order valence-electron chi connectivity index (χ1n) is 10.2. The quantitative estimate of drug-likeness (QED) is 0.843. The third-order valence-electron chi connectivity index (χ3n) is 6.08. The van der Waals surface area contributed by atoms with Crippen molar-refractivity contribution in [1.29, 1.82) is 0 Å². The lowest BCUT2D eigenvalue weighted by atomic mass is 9.97. The zero-order chi connectivity index (χ0) is 17.1. The second kappa shape index (κ2) is 7.85. The minimum Gasteiger partial charge on any atom is -0.342 e. The van der Waals surface area contributed by atoms with Crippen molar-refractivity contribution in [3.8, 4) is 0 Å². The molecule has 0 aromatic carbocycles. The van der Waals surface area contributed by atoms with Gasteiger partial charge in [-0.25, -0.2) is 0 Å². The van der Waals surface area contributed by atoms with Gasteiger partial charge in [-0.15, -0.1) is 10.2 Å². The number of fused-ring (bicyclic) bond motifs is 1. The Morgan fingerprint density at radius 1 is 0.920 bits per heavy atom. The Bertz CT molecular complexity index is 593. The standard InChI is InChI=1S/C19H31N5O/c25-18(23-11-4-2-5-12-23)15-22-10-7-8-16(14-22)19-21-20-17-9-3-1-6-13-24(17)19/h16H,1-15H2. The van der Waals surface area contributed by atoms with Crippen LogP contribution in [0.15, 0.2) is 0 Å². The Morgan fingerprint density at radius 2 is 1.72 bits per heavy atom. The van der Waals surface area contributed by atoms with E-state index in [1.54, 1.807) is 0 Å². The van der Waals surface area contributed by atoms with Crippen molar-refractivity contribution in [2.45, 2.75) is 70.3 Å². The number of rotatable bonds is 3. The molecule has 4 rings (SSSR count). The fraction of sp³-hybridized carbons (Fsp3) is 0.842. The predicted octanol–water partition coefficient (Wildman–Crippen LogP) is 2.20. The Labute approximate surface area is 150 Å². The largest absolute Gasteiger partial charge is 0.342 e. The average molecular weight is 345 g/mol. The molecule has 1 aromatic rings. The van der Waals surface area contributed by atoms with E-state index in [0.717, 1.165) is 45.6 Å². The van der Waals surface area contributed by atoms with Crippen LogP contribution in [0, 0.1) is 0 Å². The third kappa shape index (κ3) is 3.89. The van der Waals surface area contributed by atoms with Gasteiger partial charge in [-0.05, 0) is 51.5 Å². The zero-order valence-electron chi connectivity index (χ0n) is 15.3. The van der Waals surface area contributed by atoms with Crippen LogP contribution in [0.25, 0.3) is 0 Å². The molecular formula is C19H31N5O. The summed E-state index contributed by atoms with van der Waals surface area (Å²) in [5.74, 6) is 3.10. The molecule has 4 heterocycles. The van der Waals surface area contributed by atoms with Crippen molar-refractivity contribution in [1.82, 2.24) is 24.6 Å². The Balaban J connectivity index is 1.39. The summed E-state index contributed by atoms with van der Waals surface area (Å²) in [5.41, 5.74) is 0. The van der Waals surface area contributed by atoms with E-state index in [4.69, 9.17) is 0 Å². The first-order chi connectivity index (χ1) is 12.3. The van der Waals surface area contributed by atoms with Crippen molar-refractivity contribution < 1.29 is 4.79 Å². The number of hydrogen-bond donors (Lipinski definition) is 0. The van der Waals surface area contributed by atoms with Gasteiger partial charge in [0.25, 0.3) is 0 Å². The van der Waals surface area contributed by atoms with E-state index >= 15 is 0 Å². The number of nitrogens with zero attached hydrogens (tertiary/aromatic N) is 5. The van der Waals surface area contributed by atoms with Crippen molar-refractivity contribution in [3.05, 3.63) is 11.6 Å². The van der Waals surface area contributed by atoms with Gasteiger partial charge in [0.1, 0.15) is 11.6 Å². The van der Waals surface area contributed by atoms with Crippen LogP contribution in [0.5, 0.6) is 0 Å². The van der Waals surface area contributed by atoms with E-state index in [0.29, 0.717) is 18.4 Å². The molecule has 138 valence electrons. The molecule has 0 aliphatic carbocycles. The minimum absolute atomic E-state index is 0.320. The molecule has 3 aliphatic heterocycles. The molecule has 0 saturated carbocycles. The second-order valence-electron chi connectivity index (χ2n) is 7.95. The second-order valence-corrected chi connectivity index (χ2v) is 7.95. The fourth-order valence-electron chi connectivity index (χ4n) is 4.65. The van der Waals surface area contributed by atoms with Gasteiger partial charge in [-0.1, -0.05) is 6.42 Å². The lowest BCUT2D eigenvalue weighted by Gasteiger charge is -2.34. The van der Waals surface area contributed by atoms with Crippen LogP contribution in [0.2, 0.25) is 0 Å². The molecule has 0 radical (unpaired) electrons. The number of piperidine rings is 2. The topological polar surface area (TPSA) is 54.3 Å². The molecule has 1 amide bonds. The molecule has 1 aromatic heterocycles. The summed E-state index contributed by atoms with van der Waals surface area (Å²) in [6, 6.07) is 0. The molecule has 6 nitrogen and oxygen atoms in total. The highest BCUT2D eigenvalue weighted by Gasteiger charge is 2.29. The highest BCUT2D eigenvalue weighted by molar-refractivity contribution is 5.78. The third-order valence-corrected chi connectivity index (χ3v) is 6.08. The number of amides is 1. The first-order valence-corrected chi connectivity index (χ1v) is 10.2. The molecule has 1 atom stereocenters. The van der Waals surface area contributed by atoms with Crippen LogP contribution in [0.1, 0.15) is 68.9 Å². The summed E-state index contributed by atoms with van der Waals surface area (Å²) in [4.78, 5) is 17.0. The normalized spacial score (nSPS) is 25.4. The summed E-state index contributed by atoms with van der Waals surface area (Å²) < 4.78 is 2.38. The van der Waals surface area contributed by atoms with Gasteiger partial charge in [-0.3, -0.25) is 9.69 Å². The molecule has 0 bridgehead atoms. The maximum Gasteiger partial charge on any atom is 0.236 e. The zero-order valence-corrected chi connectivity index (χ0v) is 15.3.